The second-order valence-electron chi connectivity index (χ2n) is 4.42. The molecule has 92 valence electrons. The van der Waals surface area contributed by atoms with Gasteiger partial charge in [0, 0.05) is 19.1 Å². The van der Waals surface area contributed by atoms with Crippen molar-refractivity contribution in [1.29, 1.82) is 0 Å². The maximum atomic E-state index is 12.1. The largest absolute Gasteiger partial charge is 0.388 e. The van der Waals surface area contributed by atoms with Crippen molar-refractivity contribution in [3.8, 4) is 0 Å². The van der Waals surface area contributed by atoms with Crippen molar-refractivity contribution in [3.63, 3.8) is 0 Å². The Morgan fingerprint density at radius 3 is 2.50 bits per heavy atom. The number of amides is 1. The number of likely N-dealkylation sites (N-methyl/N-ethyl adjacent to an activating group) is 1. The predicted octanol–water partition coefficient (Wildman–Crippen LogP) is -2.22. The average molecular weight is 230 g/mol. The first kappa shape index (κ1) is 11.8. The summed E-state index contributed by atoms with van der Waals surface area (Å²) in [5, 5.41) is 21.8. The monoisotopic (exact) mass is 230 g/mol. The minimum atomic E-state index is -0.820. The molecule has 0 aromatic carbocycles. The lowest BCUT2D eigenvalue weighted by atomic mass is 10.0. The van der Waals surface area contributed by atoms with E-state index in [1.54, 1.807) is 7.05 Å². The van der Waals surface area contributed by atoms with Crippen LogP contribution in [0.1, 0.15) is 0 Å². The third kappa shape index (κ3) is 2.06. The van der Waals surface area contributed by atoms with Crippen molar-refractivity contribution < 1.29 is 19.7 Å². The van der Waals surface area contributed by atoms with E-state index in [1.165, 1.54) is 4.90 Å². The van der Waals surface area contributed by atoms with E-state index in [0.29, 0.717) is 13.2 Å². The number of β-amino-alcohol motifs (C(OH)–C–C–N with tert-alkyl or cyclic N) is 2. The number of likely N-dealkylation sites (tertiary alicyclic amines) is 1. The van der Waals surface area contributed by atoms with Crippen LogP contribution >= 0.6 is 0 Å². The zero-order valence-corrected chi connectivity index (χ0v) is 9.30. The topological polar surface area (TPSA) is 82.0 Å². The van der Waals surface area contributed by atoms with Gasteiger partial charge < -0.3 is 25.2 Å². The maximum Gasteiger partial charge on any atom is 0.229 e. The number of hydrogen-bond acceptors (Lipinski definition) is 5. The van der Waals surface area contributed by atoms with Gasteiger partial charge in [0.1, 0.15) is 0 Å². The van der Waals surface area contributed by atoms with E-state index in [1.807, 2.05) is 0 Å². The molecule has 0 aromatic heterocycles. The fourth-order valence-corrected chi connectivity index (χ4v) is 2.27. The lowest BCUT2D eigenvalue weighted by molar-refractivity contribution is -0.135. The molecular formula is C10H18N2O4. The Labute approximate surface area is 94.2 Å². The summed E-state index contributed by atoms with van der Waals surface area (Å²) in [6, 6.07) is 0.0300. The van der Waals surface area contributed by atoms with Crippen LogP contribution in [0.5, 0.6) is 0 Å². The first-order valence-electron chi connectivity index (χ1n) is 5.53. The van der Waals surface area contributed by atoms with Gasteiger partial charge in [-0.05, 0) is 7.05 Å². The van der Waals surface area contributed by atoms with Crippen molar-refractivity contribution in [2.24, 2.45) is 5.92 Å². The number of ether oxygens (including phenoxy) is 1. The Hall–Kier alpha value is -0.690. The summed E-state index contributed by atoms with van der Waals surface area (Å²) in [6.45, 7) is 1.37. The van der Waals surface area contributed by atoms with Crippen LogP contribution in [0, 0.1) is 5.92 Å². The Morgan fingerprint density at radius 1 is 1.31 bits per heavy atom. The maximum absolute atomic E-state index is 12.1. The van der Waals surface area contributed by atoms with E-state index in [9.17, 15) is 15.0 Å². The minimum absolute atomic E-state index is 0.0300. The van der Waals surface area contributed by atoms with E-state index >= 15 is 0 Å². The van der Waals surface area contributed by atoms with Crippen LogP contribution < -0.4 is 5.32 Å². The highest BCUT2D eigenvalue weighted by atomic mass is 16.5. The molecule has 2 saturated heterocycles. The van der Waals surface area contributed by atoms with Gasteiger partial charge in [0.25, 0.3) is 0 Å². The number of aliphatic hydroxyl groups excluding tert-OH is 2. The van der Waals surface area contributed by atoms with Crippen LogP contribution in [-0.2, 0) is 9.53 Å². The van der Waals surface area contributed by atoms with Gasteiger partial charge in [-0.25, -0.2) is 0 Å². The molecule has 2 aliphatic rings. The number of hydrogen-bond donors (Lipinski definition) is 3. The SMILES string of the molecule is CNC1COCC1C(=O)N1C[C@@H](O)[C@@H](O)C1. The Bertz CT molecular complexity index is 264. The standard InChI is InChI=1S/C10H18N2O4/c1-11-7-5-16-4-6(7)10(15)12-2-8(13)9(14)3-12/h6-9,11,13-14H,2-5H2,1H3/t6?,7?,8-,9+. The van der Waals surface area contributed by atoms with Gasteiger partial charge >= 0.3 is 0 Å². The number of rotatable bonds is 2. The summed E-state index contributed by atoms with van der Waals surface area (Å²) in [5.74, 6) is -0.255. The molecule has 0 aromatic rings. The number of nitrogens with one attached hydrogen (secondary N) is 1. The second-order valence-corrected chi connectivity index (χ2v) is 4.42. The van der Waals surface area contributed by atoms with Crippen LogP contribution in [0.3, 0.4) is 0 Å². The highest BCUT2D eigenvalue weighted by Gasteiger charge is 2.40. The third-order valence-corrected chi connectivity index (χ3v) is 3.34. The third-order valence-electron chi connectivity index (χ3n) is 3.34. The smallest absolute Gasteiger partial charge is 0.229 e. The molecule has 6 nitrogen and oxygen atoms in total. The summed E-state index contributed by atoms with van der Waals surface area (Å²) in [4.78, 5) is 13.6. The van der Waals surface area contributed by atoms with Gasteiger partial charge in [-0.3, -0.25) is 4.79 Å². The van der Waals surface area contributed by atoms with Crippen molar-refractivity contribution in [2.45, 2.75) is 18.2 Å². The number of nitrogens with zero attached hydrogens (tertiary/aromatic N) is 1. The molecule has 2 rings (SSSR count). The van der Waals surface area contributed by atoms with Crippen molar-refractivity contribution in [2.75, 3.05) is 33.4 Å². The molecule has 0 radical (unpaired) electrons. The van der Waals surface area contributed by atoms with Gasteiger partial charge in [0.2, 0.25) is 5.91 Å². The van der Waals surface area contributed by atoms with E-state index in [-0.39, 0.29) is 31.0 Å². The molecule has 6 heteroatoms. The van der Waals surface area contributed by atoms with E-state index < -0.39 is 12.2 Å². The molecule has 2 unspecified atom stereocenters. The van der Waals surface area contributed by atoms with E-state index in [4.69, 9.17) is 4.74 Å². The highest BCUT2D eigenvalue weighted by molar-refractivity contribution is 5.80. The molecular weight excluding hydrogens is 212 g/mol. The Kier molecular flexibility index (Phi) is 3.44. The van der Waals surface area contributed by atoms with Crippen LogP contribution in [0.4, 0.5) is 0 Å². The van der Waals surface area contributed by atoms with E-state index in [2.05, 4.69) is 5.32 Å². The summed E-state index contributed by atoms with van der Waals surface area (Å²) >= 11 is 0. The van der Waals surface area contributed by atoms with Crippen molar-refractivity contribution in [3.05, 3.63) is 0 Å². The van der Waals surface area contributed by atoms with Gasteiger partial charge in [-0.1, -0.05) is 0 Å². The second kappa shape index (κ2) is 4.67. The predicted molar refractivity (Wildman–Crippen MR) is 55.8 cm³/mol. The molecule has 1 amide bonds. The van der Waals surface area contributed by atoms with Crippen molar-refractivity contribution >= 4 is 5.91 Å². The molecule has 3 N–H and O–H groups in total. The van der Waals surface area contributed by atoms with Crippen LogP contribution in [0.2, 0.25) is 0 Å². The zero-order valence-electron chi connectivity index (χ0n) is 9.30. The summed E-state index contributed by atoms with van der Waals surface area (Å²) in [7, 11) is 1.80. The quantitative estimate of drug-likeness (QED) is 0.501. The minimum Gasteiger partial charge on any atom is -0.388 e. The average Bonchev–Trinajstić information content (AvgIpc) is 2.85. The first-order chi connectivity index (χ1) is 7.63. The molecule has 2 heterocycles. The molecule has 2 aliphatic heterocycles. The molecule has 0 saturated carbocycles. The zero-order chi connectivity index (χ0) is 11.7. The molecule has 16 heavy (non-hydrogen) atoms. The van der Waals surface area contributed by atoms with Crippen LogP contribution in [0.25, 0.3) is 0 Å². The van der Waals surface area contributed by atoms with Gasteiger partial charge in [-0.15, -0.1) is 0 Å². The summed E-state index contributed by atoms with van der Waals surface area (Å²) in [6.07, 6.45) is -1.64. The van der Waals surface area contributed by atoms with Gasteiger partial charge in [-0.2, -0.15) is 0 Å². The molecule has 2 fully saturated rings. The molecule has 0 bridgehead atoms. The summed E-state index contributed by atoms with van der Waals surface area (Å²) < 4.78 is 5.26. The number of carbonyl (C=O) groups is 1. The fraction of sp³-hybridized carbons (Fsp3) is 0.900. The first-order valence-corrected chi connectivity index (χ1v) is 5.53. The van der Waals surface area contributed by atoms with E-state index in [0.717, 1.165) is 0 Å². The normalized spacial score (nSPS) is 39.3. The summed E-state index contributed by atoms with van der Waals surface area (Å²) in [5.41, 5.74) is 0. The van der Waals surface area contributed by atoms with Gasteiger partial charge in [0.15, 0.2) is 0 Å². The number of carbonyl (C=O) groups excluding carboxylic acids is 1. The fourth-order valence-electron chi connectivity index (χ4n) is 2.27. The molecule has 0 spiro atoms. The highest BCUT2D eigenvalue weighted by Crippen LogP contribution is 2.20. The Morgan fingerprint density at radius 2 is 1.94 bits per heavy atom. The van der Waals surface area contributed by atoms with Gasteiger partial charge in [0.05, 0.1) is 31.3 Å². The Balaban J connectivity index is 1.97. The van der Waals surface area contributed by atoms with Crippen molar-refractivity contribution in [1.82, 2.24) is 10.2 Å². The lowest BCUT2D eigenvalue weighted by Crippen LogP contribution is -2.44. The van der Waals surface area contributed by atoms with Crippen LogP contribution in [-0.4, -0.2) is 72.6 Å². The lowest BCUT2D eigenvalue weighted by Gasteiger charge is -2.22. The molecule has 0 aliphatic carbocycles. The number of aliphatic hydroxyl groups is 2. The molecule has 4 atom stereocenters. The van der Waals surface area contributed by atoms with Crippen LogP contribution in [0.15, 0.2) is 0 Å².